The summed E-state index contributed by atoms with van der Waals surface area (Å²) in [4.78, 5) is 23.1. The third-order valence-electron chi connectivity index (χ3n) is 2.72. The molecule has 1 aromatic rings. The van der Waals surface area contributed by atoms with Crippen molar-refractivity contribution >= 4 is 18.0 Å². The molecule has 1 rings (SSSR count). The van der Waals surface area contributed by atoms with Crippen molar-refractivity contribution in [2.75, 3.05) is 28.4 Å². The van der Waals surface area contributed by atoms with Gasteiger partial charge in [-0.2, -0.15) is 0 Å². The normalized spacial score (nSPS) is 10.8. The minimum atomic E-state index is -0.595. The minimum absolute atomic E-state index is 0.178. The molecule has 6 nitrogen and oxygen atoms in total. The number of carbonyl (C=O) groups is 2. The third kappa shape index (κ3) is 4.83. The molecule has 6 heteroatoms. The Kier molecular flexibility index (Phi) is 6.26. The lowest BCUT2D eigenvalue weighted by atomic mass is 10.1. The molecule has 1 aromatic carbocycles. The smallest absolute Gasteiger partial charge is 0.334 e. The highest BCUT2D eigenvalue weighted by atomic mass is 16.5. The van der Waals surface area contributed by atoms with Crippen LogP contribution in [0.5, 0.6) is 11.5 Å². The molecule has 0 saturated heterocycles. The summed E-state index contributed by atoms with van der Waals surface area (Å²) in [5, 5.41) is 0. The first-order valence-corrected chi connectivity index (χ1v) is 6.12. The number of benzene rings is 1. The van der Waals surface area contributed by atoms with Crippen LogP contribution >= 0.6 is 0 Å². The lowest BCUT2D eigenvalue weighted by molar-refractivity contribution is -0.143. The summed E-state index contributed by atoms with van der Waals surface area (Å²) in [6.07, 6.45) is 1.36. The van der Waals surface area contributed by atoms with Crippen molar-refractivity contribution in [1.29, 1.82) is 0 Å². The lowest BCUT2D eigenvalue weighted by Crippen LogP contribution is -2.11. The summed E-state index contributed by atoms with van der Waals surface area (Å²) >= 11 is 0. The van der Waals surface area contributed by atoms with Gasteiger partial charge in [0.2, 0.25) is 0 Å². The average Bonchev–Trinajstić information content (AvgIpc) is 2.52. The van der Waals surface area contributed by atoms with Gasteiger partial charge >= 0.3 is 11.9 Å². The molecule has 0 heterocycles. The van der Waals surface area contributed by atoms with Gasteiger partial charge in [0.25, 0.3) is 0 Å². The van der Waals surface area contributed by atoms with Gasteiger partial charge in [0.1, 0.15) is 11.5 Å². The molecule has 0 aliphatic carbocycles. The molecule has 0 bridgehead atoms. The maximum atomic E-state index is 11.7. The highest BCUT2D eigenvalue weighted by Gasteiger charge is 2.15. The van der Waals surface area contributed by atoms with Crippen molar-refractivity contribution in [3.05, 3.63) is 29.3 Å². The van der Waals surface area contributed by atoms with Crippen LogP contribution in [0, 0.1) is 0 Å². The van der Waals surface area contributed by atoms with Crippen molar-refractivity contribution in [3.63, 3.8) is 0 Å². The molecule has 0 radical (unpaired) electrons. The molecular formula is C15H18O6. The van der Waals surface area contributed by atoms with Gasteiger partial charge in [-0.15, -0.1) is 0 Å². The van der Waals surface area contributed by atoms with E-state index in [0.29, 0.717) is 17.1 Å². The molecule has 114 valence electrons. The Morgan fingerprint density at radius 1 is 0.952 bits per heavy atom. The molecule has 0 fully saturated rings. The predicted molar refractivity (Wildman–Crippen MR) is 76.2 cm³/mol. The molecule has 0 aliphatic heterocycles. The first-order chi connectivity index (χ1) is 10.0. The lowest BCUT2D eigenvalue weighted by Gasteiger charge is -2.08. The molecule has 0 aliphatic rings. The number of hydrogen-bond acceptors (Lipinski definition) is 6. The van der Waals surface area contributed by atoms with Crippen molar-refractivity contribution in [2.45, 2.75) is 6.42 Å². The van der Waals surface area contributed by atoms with Crippen LogP contribution in [0.3, 0.4) is 0 Å². The van der Waals surface area contributed by atoms with Gasteiger partial charge in [0.05, 0.1) is 34.9 Å². The van der Waals surface area contributed by atoms with Crippen molar-refractivity contribution in [1.82, 2.24) is 0 Å². The van der Waals surface area contributed by atoms with Gasteiger partial charge in [0.15, 0.2) is 0 Å². The number of rotatable bonds is 6. The Hall–Kier alpha value is -2.50. The van der Waals surface area contributed by atoms with E-state index < -0.39 is 11.9 Å². The van der Waals surface area contributed by atoms with E-state index in [0.717, 1.165) is 0 Å². The molecule has 0 atom stereocenters. The van der Waals surface area contributed by atoms with Gasteiger partial charge in [-0.3, -0.25) is 4.79 Å². The van der Waals surface area contributed by atoms with E-state index in [2.05, 4.69) is 9.47 Å². The zero-order chi connectivity index (χ0) is 15.8. The first kappa shape index (κ1) is 16.6. The van der Waals surface area contributed by atoms with Gasteiger partial charge < -0.3 is 18.9 Å². The Balaban J connectivity index is 3.19. The molecule has 0 amide bonds. The molecule has 0 unspecified atom stereocenters. The van der Waals surface area contributed by atoms with E-state index >= 15 is 0 Å². The van der Waals surface area contributed by atoms with Gasteiger partial charge in [-0.05, 0) is 23.8 Å². The van der Waals surface area contributed by atoms with Gasteiger partial charge in [-0.25, -0.2) is 4.79 Å². The molecule has 0 N–H and O–H groups in total. The van der Waals surface area contributed by atoms with Crippen molar-refractivity contribution < 1.29 is 28.5 Å². The monoisotopic (exact) mass is 294 g/mol. The Bertz CT molecular complexity index is 525. The maximum absolute atomic E-state index is 11.7. The van der Waals surface area contributed by atoms with E-state index in [9.17, 15) is 9.59 Å². The Morgan fingerprint density at radius 3 is 1.95 bits per heavy atom. The molecular weight excluding hydrogens is 276 g/mol. The average molecular weight is 294 g/mol. The van der Waals surface area contributed by atoms with Crippen LogP contribution in [0.2, 0.25) is 0 Å². The second kappa shape index (κ2) is 7.94. The summed E-state index contributed by atoms with van der Waals surface area (Å²) in [6.45, 7) is 0. The summed E-state index contributed by atoms with van der Waals surface area (Å²) < 4.78 is 19.5. The predicted octanol–water partition coefficient (Wildman–Crippen LogP) is 1.82. The fourth-order valence-electron chi connectivity index (χ4n) is 1.65. The number of hydrogen-bond donors (Lipinski definition) is 0. The van der Waals surface area contributed by atoms with Crippen LogP contribution in [0.1, 0.15) is 12.0 Å². The topological polar surface area (TPSA) is 71.1 Å². The Labute approximate surface area is 123 Å². The fraction of sp³-hybridized carbons (Fsp3) is 0.333. The highest BCUT2D eigenvalue weighted by molar-refractivity contribution is 5.98. The summed E-state index contributed by atoms with van der Waals surface area (Å²) in [5.74, 6) is 0.0227. The van der Waals surface area contributed by atoms with E-state index in [1.807, 2.05) is 0 Å². The van der Waals surface area contributed by atoms with Gasteiger partial charge in [0, 0.05) is 11.6 Å². The molecule has 0 saturated carbocycles. The molecule has 21 heavy (non-hydrogen) atoms. The SMILES string of the molecule is COC(=O)C/C(=C\c1cc(OC)cc(OC)c1)C(=O)OC. The van der Waals surface area contributed by atoms with Crippen LogP contribution in [-0.2, 0) is 19.1 Å². The van der Waals surface area contributed by atoms with E-state index in [4.69, 9.17) is 9.47 Å². The third-order valence-corrected chi connectivity index (χ3v) is 2.72. The van der Waals surface area contributed by atoms with Crippen molar-refractivity contribution in [3.8, 4) is 11.5 Å². The number of carbonyl (C=O) groups excluding carboxylic acids is 2. The fourth-order valence-corrected chi connectivity index (χ4v) is 1.65. The standard InChI is InChI=1S/C15H18O6/c1-18-12-6-10(7-13(9-12)19-2)5-11(15(17)21-4)8-14(16)20-3/h5-7,9H,8H2,1-4H3/b11-5+. The molecule has 0 aromatic heterocycles. The summed E-state index contributed by atoms with van der Waals surface area (Å²) in [6, 6.07) is 5.13. The number of esters is 2. The van der Waals surface area contributed by atoms with E-state index in [1.54, 1.807) is 18.2 Å². The minimum Gasteiger partial charge on any atom is -0.497 e. The second-order valence-electron chi connectivity index (χ2n) is 4.06. The van der Waals surface area contributed by atoms with Crippen LogP contribution in [0.4, 0.5) is 0 Å². The second-order valence-corrected chi connectivity index (χ2v) is 4.06. The molecule has 0 spiro atoms. The quantitative estimate of drug-likeness (QED) is 0.589. The van der Waals surface area contributed by atoms with Crippen LogP contribution in [0.15, 0.2) is 23.8 Å². The van der Waals surface area contributed by atoms with E-state index in [-0.39, 0.29) is 12.0 Å². The van der Waals surface area contributed by atoms with Crippen molar-refractivity contribution in [2.24, 2.45) is 0 Å². The van der Waals surface area contributed by atoms with Crippen LogP contribution in [0.25, 0.3) is 6.08 Å². The first-order valence-electron chi connectivity index (χ1n) is 6.12. The largest absolute Gasteiger partial charge is 0.497 e. The van der Waals surface area contributed by atoms with Crippen LogP contribution in [-0.4, -0.2) is 40.4 Å². The number of ether oxygens (including phenoxy) is 4. The van der Waals surface area contributed by atoms with Gasteiger partial charge in [-0.1, -0.05) is 0 Å². The highest BCUT2D eigenvalue weighted by Crippen LogP contribution is 2.24. The Morgan fingerprint density at radius 2 is 1.52 bits per heavy atom. The zero-order valence-electron chi connectivity index (χ0n) is 12.5. The summed E-state index contributed by atoms with van der Waals surface area (Å²) in [7, 11) is 5.56. The maximum Gasteiger partial charge on any atom is 0.334 e. The van der Waals surface area contributed by atoms with Crippen LogP contribution < -0.4 is 9.47 Å². The zero-order valence-corrected chi connectivity index (χ0v) is 12.5. The number of methoxy groups -OCH3 is 4. The van der Waals surface area contributed by atoms with E-state index in [1.165, 1.54) is 34.5 Å². The summed E-state index contributed by atoms with van der Waals surface area (Å²) in [5.41, 5.74) is 0.829.